The third kappa shape index (κ3) is 13.1. The summed E-state index contributed by atoms with van der Waals surface area (Å²) < 4.78 is 0. The zero-order valence-corrected chi connectivity index (χ0v) is 13.8. The monoisotopic (exact) mass is 233 g/mol. The third-order valence-electron chi connectivity index (χ3n) is 3.02. The third-order valence-corrected chi connectivity index (χ3v) is 3.02. The Morgan fingerprint density at radius 3 is 1.88 bits per heavy atom. The molecular formula is C13H27BNaO. The van der Waals surface area contributed by atoms with E-state index in [1.165, 1.54) is 25.7 Å². The maximum Gasteiger partial charge on any atom is 1.00 e. The molecule has 0 heterocycles. The molecule has 0 aliphatic rings. The Kier molecular flexibility index (Phi) is 22.3. The van der Waals surface area contributed by atoms with E-state index in [0.29, 0.717) is 5.92 Å². The van der Waals surface area contributed by atoms with E-state index in [2.05, 4.69) is 20.8 Å². The van der Waals surface area contributed by atoms with Crippen molar-refractivity contribution in [3.63, 3.8) is 0 Å². The predicted octanol–water partition coefficient (Wildman–Crippen LogP) is 0.135. The van der Waals surface area contributed by atoms with Gasteiger partial charge in [-0.3, -0.25) is 0 Å². The topological polar surface area (TPSA) is 23.1 Å². The quantitative estimate of drug-likeness (QED) is 0.519. The van der Waals surface area contributed by atoms with Crippen LogP contribution in [0.2, 0.25) is 0 Å². The van der Waals surface area contributed by atoms with Gasteiger partial charge in [0.1, 0.15) is 0 Å². The van der Waals surface area contributed by atoms with Gasteiger partial charge in [-0.05, 0) is 5.92 Å². The maximum atomic E-state index is 11.6. The van der Waals surface area contributed by atoms with Gasteiger partial charge in [0.05, 0.1) is 0 Å². The van der Waals surface area contributed by atoms with E-state index in [1.54, 1.807) is 0 Å². The number of rotatable bonds is 9. The molecule has 0 saturated heterocycles. The minimum Gasteiger partial charge on any atom is -0.852 e. The molecule has 0 amide bonds. The van der Waals surface area contributed by atoms with Crippen LogP contribution in [0.5, 0.6) is 0 Å². The van der Waals surface area contributed by atoms with Crippen LogP contribution in [0.4, 0.5) is 0 Å². The van der Waals surface area contributed by atoms with Gasteiger partial charge in [0.25, 0.3) is 0 Å². The zero-order chi connectivity index (χ0) is 10.8. The summed E-state index contributed by atoms with van der Waals surface area (Å²) in [5.41, 5.74) is 0. The molecule has 0 fully saturated rings. The molecule has 3 heteroatoms. The van der Waals surface area contributed by atoms with Crippen LogP contribution >= 0.6 is 0 Å². The molecule has 0 aliphatic carbocycles. The first-order valence-electron chi connectivity index (χ1n) is 6.40. The number of unbranched alkanes of at least 4 members (excludes halogenated alkanes) is 2. The standard InChI is InChI=1S/C13H27O.B.Na/c1-4-7-9-12(6-3)11-13(14)10-8-5-2;;/h12-13H,4-11H2,1-3H3;;/q-1;;+1. The van der Waals surface area contributed by atoms with E-state index < -0.39 is 0 Å². The molecule has 89 valence electrons. The molecule has 2 unspecified atom stereocenters. The smallest absolute Gasteiger partial charge is 0.852 e. The molecule has 0 aromatic rings. The SMILES string of the molecule is CCCCC([O-])CC(CC)CCCC.[B].[Na+]. The van der Waals surface area contributed by atoms with E-state index in [9.17, 15) is 5.11 Å². The van der Waals surface area contributed by atoms with Gasteiger partial charge in [-0.2, -0.15) is 0 Å². The van der Waals surface area contributed by atoms with Gasteiger partial charge in [0, 0.05) is 8.41 Å². The Bertz CT molecular complexity index is 123. The van der Waals surface area contributed by atoms with Crippen LogP contribution in [0.25, 0.3) is 0 Å². The molecule has 0 aliphatic heterocycles. The molecule has 0 rings (SSSR count). The Hall–Kier alpha value is 1.02. The molecule has 0 aromatic carbocycles. The van der Waals surface area contributed by atoms with Gasteiger partial charge in [-0.15, -0.1) is 6.10 Å². The van der Waals surface area contributed by atoms with Crippen molar-refractivity contribution in [3.05, 3.63) is 0 Å². The van der Waals surface area contributed by atoms with Crippen molar-refractivity contribution < 1.29 is 34.7 Å². The molecule has 0 aromatic heterocycles. The molecule has 16 heavy (non-hydrogen) atoms. The second-order valence-corrected chi connectivity index (χ2v) is 4.42. The first kappa shape index (κ1) is 22.2. The van der Waals surface area contributed by atoms with E-state index in [-0.39, 0.29) is 44.1 Å². The van der Waals surface area contributed by atoms with Gasteiger partial charge in [0.2, 0.25) is 0 Å². The summed E-state index contributed by atoms with van der Waals surface area (Å²) in [5.74, 6) is 0.689. The van der Waals surface area contributed by atoms with Crippen molar-refractivity contribution in [2.24, 2.45) is 5.92 Å². The minimum atomic E-state index is -0.295. The van der Waals surface area contributed by atoms with Crippen LogP contribution in [0, 0.1) is 5.92 Å². The fourth-order valence-corrected chi connectivity index (χ4v) is 1.90. The first-order chi connectivity index (χ1) is 6.74. The van der Waals surface area contributed by atoms with E-state index in [0.717, 1.165) is 25.7 Å². The van der Waals surface area contributed by atoms with Crippen molar-refractivity contribution in [2.45, 2.75) is 78.2 Å². The Labute approximate surface area is 127 Å². The summed E-state index contributed by atoms with van der Waals surface area (Å²) in [6.45, 7) is 6.59. The van der Waals surface area contributed by atoms with E-state index >= 15 is 0 Å². The summed E-state index contributed by atoms with van der Waals surface area (Å²) in [6, 6.07) is 0. The predicted molar refractivity (Wildman–Crippen MR) is 67.0 cm³/mol. The summed E-state index contributed by atoms with van der Waals surface area (Å²) in [7, 11) is 0. The van der Waals surface area contributed by atoms with Gasteiger partial charge in [0.15, 0.2) is 0 Å². The van der Waals surface area contributed by atoms with Crippen LogP contribution in [-0.2, 0) is 0 Å². The first-order valence-corrected chi connectivity index (χ1v) is 6.40. The second kappa shape index (κ2) is 16.0. The molecule has 0 spiro atoms. The van der Waals surface area contributed by atoms with Crippen molar-refractivity contribution in [1.82, 2.24) is 0 Å². The Morgan fingerprint density at radius 1 is 0.938 bits per heavy atom. The van der Waals surface area contributed by atoms with Crippen LogP contribution in [-0.4, -0.2) is 14.5 Å². The van der Waals surface area contributed by atoms with E-state index in [1.807, 2.05) is 0 Å². The molecule has 1 nitrogen and oxygen atoms in total. The minimum absolute atomic E-state index is 0. The molecule has 0 N–H and O–H groups in total. The summed E-state index contributed by atoms with van der Waals surface area (Å²) >= 11 is 0. The second-order valence-electron chi connectivity index (χ2n) is 4.42. The van der Waals surface area contributed by atoms with Gasteiger partial charge >= 0.3 is 29.6 Å². The van der Waals surface area contributed by atoms with Crippen molar-refractivity contribution in [2.75, 3.05) is 0 Å². The molecule has 3 radical (unpaired) electrons. The summed E-state index contributed by atoms with van der Waals surface area (Å²) in [6.07, 6.45) is 8.77. The van der Waals surface area contributed by atoms with Crippen LogP contribution in [0.3, 0.4) is 0 Å². The fraction of sp³-hybridized carbons (Fsp3) is 1.00. The largest absolute Gasteiger partial charge is 1.00 e. The average Bonchev–Trinajstić information content (AvgIpc) is 2.21. The van der Waals surface area contributed by atoms with Crippen LogP contribution < -0.4 is 34.7 Å². The maximum absolute atomic E-state index is 11.6. The molecular weight excluding hydrogens is 206 g/mol. The van der Waals surface area contributed by atoms with Gasteiger partial charge in [-0.1, -0.05) is 72.1 Å². The van der Waals surface area contributed by atoms with Crippen LogP contribution in [0.1, 0.15) is 72.1 Å². The average molecular weight is 233 g/mol. The van der Waals surface area contributed by atoms with Crippen molar-refractivity contribution in [3.8, 4) is 0 Å². The number of hydrogen-bond donors (Lipinski definition) is 0. The van der Waals surface area contributed by atoms with Crippen molar-refractivity contribution >= 4 is 8.41 Å². The van der Waals surface area contributed by atoms with Gasteiger partial charge < -0.3 is 5.11 Å². The summed E-state index contributed by atoms with van der Waals surface area (Å²) in [4.78, 5) is 0. The molecule has 2 atom stereocenters. The summed E-state index contributed by atoms with van der Waals surface area (Å²) in [5, 5.41) is 11.6. The zero-order valence-electron chi connectivity index (χ0n) is 11.8. The Balaban J connectivity index is -0.000000845. The molecule has 0 saturated carbocycles. The van der Waals surface area contributed by atoms with Gasteiger partial charge in [-0.25, -0.2) is 0 Å². The van der Waals surface area contributed by atoms with Crippen molar-refractivity contribution in [1.29, 1.82) is 0 Å². The van der Waals surface area contributed by atoms with E-state index in [4.69, 9.17) is 0 Å². The van der Waals surface area contributed by atoms with Crippen LogP contribution in [0.15, 0.2) is 0 Å². The fourth-order valence-electron chi connectivity index (χ4n) is 1.90. The Morgan fingerprint density at radius 2 is 1.44 bits per heavy atom. The number of hydrogen-bond acceptors (Lipinski definition) is 1. The normalized spacial score (nSPS) is 13.5. The molecule has 0 bridgehead atoms.